The summed E-state index contributed by atoms with van der Waals surface area (Å²) < 4.78 is 28.8. The standard InChI is InChI=1S/C12H18N4O2S2/c1-2-13-10-11-12(4-9-19-11)20(17,18)15-6-8-16-7-3-5-14-16/h3-5,7,9,13,15H,2,6,8,10H2,1H3. The maximum Gasteiger partial charge on any atom is 0.241 e. The molecule has 2 rings (SSSR count). The molecule has 2 aromatic rings. The van der Waals surface area contributed by atoms with Crippen LogP contribution >= 0.6 is 11.3 Å². The van der Waals surface area contributed by atoms with Crippen LogP contribution in [0, 0.1) is 0 Å². The first-order valence-electron chi connectivity index (χ1n) is 6.37. The molecule has 0 aliphatic heterocycles. The predicted molar refractivity (Wildman–Crippen MR) is 79.1 cm³/mol. The second kappa shape index (κ2) is 6.98. The van der Waals surface area contributed by atoms with Gasteiger partial charge in [-0.25, -0.2) is 13.1 Å². The first-order valence-corrected chi connectivity index (χ1v) is 8.74. The van der Waals surface area contributed by atoms with Crippen LogP contribution in [0.5, 0.6) is 0 Å². The van der Waals surface area contributed by atoms with E-state index in [2.05, 4.69) is 15.1 Å². The molecule has 0 aromatic carbocycles. The SMILES string of the molecule is CCNCc1sccc1S(=O)(=O)NCCn1cccn1. The van der Waals surface area contributed by atoms with Gasteiger partial charge in [-0.05, 0) is 24.1 Å². The molecule has 2 heterocycles. The number of aromatic nitrogens is 2. The van der Waals surface area contributed by atoms with Gasteiger partial charge in [0.2, 0.25) is 10.0 Å². The van der Waals surface area contributed by atoms with Gasteiger partial charge in [-0.2, -0.15) is 5.10 Å². The van der Waals surface area contributed by atoms with E-state index in [0.29, 0.717) is 24.5 Å². The highest BCUT2D eigenvalue weighted by Crippen LogP contribution is 2.21. The number of nitrogens with zero attached hydrogens (tertiary/aromatic N) is 2. The summed E-state index contributed by atoms with van der Waals surface area (Å²) in [7, 11) is -3.45. The van der Waals surface area contributed by atoms with Crippen molar-refractivity contribution in [1.29, 1.82) is 0 Å². The van der Waals surface area contributed by atoms with Crippen molar-refractivity contribution in [3.8, 4) is 0 Å². The number of sulfonamides is 1. The number of rotatable bonds is 8. The number of nitrogens with one attached hydrogen (secondary N) is 2. The van der Waals surface area contributed by atoms with E-state index in [9.17, 15) is 8.42 Å². The normalized spacial score (nSPS) is 11.8. The molecule has 0 radical (unpaired) electrons. The van der Waals surface area contributed by atoms with Crippen molar-refractivity contribution in [2.45, 2.75) is 24.9 Å². The summed E-state index contributed by atoms with van der Waals surface area (Å²) in [5.74, 6) is 0. The van der Waals surface area contributed by atoms with Gasteiger partial charge in [0, 0.05) is 30.4 Å². The second-order valence-corrected chi connectivity index (χ2v) is 6.89. The Morgan fingerprint density at radius 3 is 3.00 bits per heavy atom. The van der Waals surface area contributed by atoms with Crippen LogP contribution in [0.15, 0.2) is 34.8 Å². The lowest BCUT2D eigenvalue weighted by Gasteiger charge is -2.08. The minimum atomic E-state index is -3.45. The summed E-state index contributed by atoms with van der Waals surface area (Å²) in [4.78, 5) is 1.20. The lowest BCUT2D eigenvalue weighted by atomic mass is 10.4. The van der Waals surface area contributed by atoms with E-state index >= 15 is 0 Å². The van der Waals surface area contributed by atoms with Gasteiger partial charge in [0.1, 0.15) is 0 Å². The minimum Gasteiger partial charge on any atom is -0.312 e. The fraction of sp³-hybridized carbons (Fsp3) is 0.417. The van der Waals surface area contributed by atoms with Crippen molar-refractivity contribution in [2.75, 3.05) is 13.1 Å². The predicted octanol–water partition coefficient (Wildman–Crippen LogP) is 1.03. The van der Waals surface area contributed by atoms with Crippen LogP contribution < -0.4 is 10.0 Å². The van der Waals surface area contributed by atoms with Crippen molar-refractivity contribution in [2.24, 2.45) is 0 Å². The van der Waals surface area contributed by atoms with Gasteiger partial charge in [-0.15, -0.1) is 11.3 Å². The summed E-state index contributed by atoms with van der Waals surface area (Å²) >= 11 is 1.45. The molecule has 6 nitrogen and oxygen atoms in total. The highest BCUT2D eigenvalue weighted by molar-refractivity contribution is 7.89. The Hall–Kier alpha value is -1.22. The van der Waals surface area contributed by atoms with E-state index in [1.807, 2.05) is 13.0 Å². The molecule has 0 fully saturated rings. The van der Waals surface area contributed by atoms with Gasteiger partial charge in [0.05, 0.1) is 11.4 Å². The van der Waals surface area contributed by atoms with Crippen molar-refractivity contribution in [1.82, 2.24) is 19.8 Å². The highest BCUT2D eigenvalue weighted by atomic mass is 32.2. The molecule has 0 aliphatic carbocycles. The van der Waals surface area contributed by atoms with Crippen molar-refractivity contribution >= 4 is 21.4 Å². The van der Waals surface area contributed by atoms with Crippen LogP contribution in [0.1, 0.15) is 11.8 Å². The van der Waals surface area contributed by atoms with Crippen LogP contribution in [0.3, 0.4) is 0 Å². The maximum atomic E-state index is 12.2. The smallest absolute Gasteiger partial charge is 0.241 e. The van der Waals surface area contributed by atoms with Gasteiger partial charge in [0.25, 0.3) is 0 Å². The molecule has 0 amide bonds. The third-order valence-electron chi connectivity index (χ3n) is 2.72. The Morgan fingerprint density at radius 2 is 2.30 bits per heavy atom. The number of hydrogen-bond donors (Lipinski definition) is 2. The van der Waals surface area contributed by atoms with Gasteiger partial charge in [-0.1, -0.05) is 6.92 Å². The van der Waals surface area contributed by atoms with Crippen LogP contribution in [-0.2, 0) is 23.1 Å². The topological polar surface area (TPSA) is 76.0 Å². The van der Waals surface area contributed by atoms with Gasteiger partial charge >= 0.3 is 0 Å². The first-order chi connectivity index (χ1) is 9.63. The zero-order valence-corrected chi connectivity index (χ0v) is 12.9. The van der Waals surface area contributed by atoms with E-state index in [1.165, 1.54) is 11.3 Å². The minimum absolute atomic E-state index is 0.320. The van der Waals surface area contributed by atoms with E-state index in [0.717, 1.165) is 11.4 Å². The molecule has 0 saturated carbocycles. The molecule has 8 heteroatoms. The molecular formula is C12H18N4O2S2. The van der Waals surface area contributed by atoms with Gasteiger partial charge in [0.15, 0.2) is 0 Å². The molecule has 0 atom stereocenters. The fourth-order valence-electron chi connectivity index (χ4n) is 1.74. The van der Waals surface area contributed by atoms with Crippen LogP contribution in [-0.4, -0.2) is 31.3 Å². The number of thiophene rings is 1. The lowest BCUT2D eigenvalue weighted by molar-refractivity contribution is 0.560. The molecule has 110 valence electrons. The van der Waals surface area contributed by atoms with Crippen LogP contribution in [0.25, 0.3) is 0 Å². The monoisotopic (exact) mass is 314 g/mol. The number of hydrogen-bond acceptors (Lipinski definition) is 5. The van der Waals surface area contributed by atoms with Crippen molar-refractivity contribution in [3.05, 3.63) is 34.8 Å². The lowest BCUT2D eigenvalue weighted by Crippen LogP contribution is -2.28. The van der Waals surface area contributed by atoms with E-state index < -0.39 is 10.0 Å². The summed E-state index contributed by atoms with van der Waals surface area (Å²) in [5, 5.41) is 8.98. The van der Waals surface area contributed by atoms with E-state index in [4.69, 9.17) is 0 Å². The zero-order valence-electron chi connectivity index (χ0n) is 11.2. The summed E-state index contributed by atoms with van der Waals surface area (Å²) in [5.41, 5.74) is 0. The Labute approximate surface area is 122 Å². The quantitative estimate of drug-likeness (QED) is 0.763. The molecule has 0 spiro atoms. The average Bonchev–Trinajstić information content (AvgIpc) is 3.07. The second-order valence-electron chi connectivity index (χ2n) is 4.16. The Balaban J connectivity index is 1.97. The van der Waals surface area contributed by atoms with Gasteiger partial charge in [-0.3, -0.25) is 4.68 Å². The van der Waals surface area contributed by atoms with Gasteiger partial charge < -0.3 is 5.32 Å². The molecule has 2 aromatic heterocycles. The van der Waals surface area contributed by atoms with Crippen LogP contribution in [0.4, 0.5) is 0 Å². The molecule has 0 saturated heterocycles. The first kappa shape index (κ1) is 15.2. The molecule has 0 bridgehead atoms. The molecule has 2 N–H and O–H groups in total. The third-order valence-corrected chi connectivity index (χ3v) is 5.32. The fourth-order valence-corrected chi connectivity index (χ4v) is 4.17. The third kappa shape index (κ3) is 3.89. The van der Waals surface area contributed by atoms with E-state index in [1.54, 1.807) is 28.5 Å². The summed E-state index contributed by atoms with van der Waals surface area (Å²) in [6, 6.07) is 3.45. The Bertz CT molecular complexity index is 620. The molecular weight excluding hydrogens is 296 g/mol. The Morgan fingerprint density at radius 1 is 1.45 bits per heavy atom. The zero-order chi connectivity index (χ0) is 14.4. The molecule has 0 aliphatic rings. The molecule has 0 unspecified atom stereocenters. The highest BCUT2D eigenvalue weighted by Gasteiger charge is 2.18. The van der Waals surface area contributed by atoms with Crippen LogP contribution in [0.2, 0.25) is 0 Å². The molecule has 20 heavy (non-hydrogen) atoms. The van der Waals surface area contributed by atoms with Crippen molar-refractivity contribution in [3.63, 3.8) is 0 Å². The van der Waals surface area contributed by atoms with Crippen molar-refractivity contribution < 1.29 is 8.42 Å². The maximum absolute atomic E-state index is 12.2. The average molecular weight is 314 g/mol. The summed E-state index contributed by atoms with van der Waals surface area (Å²) in [6.07, 6.45) is 3.47. The largest absolute Gasteiger partial charge is 0.312 e. The van der Waals surface area contributed by atoms with E-state index in [-0.39, 0.29) is 0 Å². The Kier molecular flexibility index (Phi) is 5.30. The summed E-state index contributed by atoms with van der Waals surface area (Å²) in [6.45, 7) is 4.21.